The minimum absolute atomic E-state index is 0.205. The van der Waals surface area contributed by atoms with E-state index in [1.807, 2.05) is 18.4 Å². The number of pyridine rings is 1. The molecular weight excluding hydrogens is 258 g/mol. The Morgan fingerprint density at radius 1 is 1.55 bits per heavy atom. The normalized spacial score (nSPS) is 11.9. The number of carbonyl (C=O) groups excluding carboxylic acids is 1. The van der Waals surface area contributed by atoms with Crippen molar-refractivity contribution in [3.63, 3.8) is 0 Å². The molecule has 0 radical (unpaired) electrons. The number of methoxy groups -OCH3 is 1. The Kier molecular flexibility index (Phi) is 4.29. The van der Waals surface area contributed by atoms with Crippen LogP contribution in [-0.4, -0.2) is 32.8 Å². The molecule has 2 heterocycles. The molecule has 0 aliphatic carbocycles. The van der Waals surface area contributed by atoms with E-state index in [1.165, 1.54) is 13.3 Å². The molecule has 2 rings (SSSR count). The van der Waals surface area contributed by atoms with Crippen molar-refractivity contribution in [2.24, 2.45) is 0 Å². The van der Waals surface area contributed by atoms with Gasteiger partial charge in [0, 0.05) is 24.4 Å². The average Bonchev–Trinajstić information content (AvgIpc) is 2.95. The molecule has 7 heteroatoms. The first-order valence-electron chi connectivity index (χ1n) is 6.34. The summed E-state index contributed by atoms with van der Waals surface area (Å²) in [5.74, 6) is 0.924. The quantitative estimate of drug-likeness (QED) is 0.886. The number of rotatable bonds is 5. The molecule has 0 aliphatic heterocycles. The third kappa shape index (κ3) is 2.93. The highest BCUT2D eigenvalue weighted by Gasteiger charge is 2.16. The summed E-state index contributed by atoms with van der Waals surface area (Å²) in [7, 11) is 1.51. The lowest BCUT2D eigenvalue weighted by atomic mass is 10.2. The average molecular weight is 275 g/mol. The van der Waals surface area contributed by atoms with Gasteiger partial charge in [0.05, 0.1) is 13.2 Å². The predicted molar refractivity (Wildman–Crippen MR) is 72.4 cm³/mol. The summed E-state index contributed by atoms with van der Waals surface area (Å²) < 4.78 is 6.89. The largest absolute Gasteiger partial charge is 0.481 e. The number of ether oxygens (including phenoxy) is 1. The highest BCUT2D eigenvalue weighted by atomic mass is 16.5. The van der Waals surface area contributed by atoms with Gasteiger partial charge in [-0.15, -0.1) is 10.2 Å². The fraction of sp³-hybridized carbons (Fsp3) is 0.385. The van der Waals surface area contributed by atoms with Crippen LogP contribution in [0.3, 0.4) is 0 Å². The minimum Gasteiger partial charge on any atom is -0.481 e. The fourth-order valence-corrected chi connectivity index (χ4v) is 1.85. The zero-order valence-electron chi connectivity index (χ0n) is 11.7. The Morgan fingerprint density at radius 3 is 3.05 bits per heavy atom. The summed E-state index contributed by atoms with van der Waals surface area (Å²) in [5, 5.41) is 10.8. The molecule has 0 unspecified atom stereocenters. The number of aromatic nitrogens is 4. The predicted octanol–water partition coefficient (Wildman–Crippen LogP) is 1.19. The number of carbonyl (C=O) groups is 1. The molecule has 2 aromatic rings. The number of hydrogen-bond acceptors (Lipinski definition) is 5. The second-order valence-corrected chi connectivity index (χ2v) is 4.26. The minimum atomic E-state index is -0.232. The highest BCUT2D eigenvalue weighted by molar-refractivity contribution is 5.94. The molecular formula is C13H17N5O2. The van der Waals surface area contributed by atoms with Crippen LogP contribution in [0.4, 0.5) is 0 Å². The van der Waals surface area contributed by atoms with Crippen LogP contribution < -0.4 is 10.1 Å². The number of nitrogens with zero attached hydrogens (tertiary/aromatic N) is 4. The van der Waals surface area contributed by atoms with E-state index in [1.54, 1.807) is 18.5 Å². The van der Waals surface area contributed by atoms with Gasteiger partial charge in [-0.05, 0) is 19.9 Å². The van der Waals surface area contributed by atoms with Crippen molar-refractivity contribution in [2.75, 3.05) is 7.11 Å². The van der Waals surface area contributed by atoms with Gasteiger partial charge in [0.25, 0.3) is 5.91 Å². The van der Waals surface area contributed by atoms with Crippen LogP contribution in [0.1, 0.15) is 36.1 Å². The number of hydrogen-bond donors (Lipinski definition) is 1. The molecule has 2 aromatic heterocycles. The molecule has 106 valence electrons. The van der Waals surface area contributed by atoms with E-state index in [0.29, 0.717) is 11.4 Å². The van der Waals surface area contributed by atoms with E-state index in [0.717, 1.165) is 12.4 Å². The molecule has 0 saturated heterocycles. The molecule has 1 atom stereocenters. The van der Waals surface area contributed by atoms with Gasteiger partial charge in [-0.1, -0.05) is 0 Å². The lowest BCUT2D eigenvalue weighted by Crippen LogP contribution is -2.28. The number of nitrogens with one attached hydrogen (secondary N) is 1. The smallest absolute Gasteiger partial charge is 0.252 e. The zero-order valence-corrected chi connectivity index (χ0v) is 11.7. The van der Waals surface area contributed by atoms with Gasteiger partial charge in [0.15, 0.2) is 5.82 Å². The first-order valence-corrected chi connectivity index (χ1v) is 6.34. The topological polar surface area (TPSA) is 81.9 Å². The van der Waals surface area contributed by atoms with Gasteiger partial charge in [0.2, 0.25) is 5.88 Å². The summed E-state index contributed by atoms with van der Waals surface area (Å²) >= 11 is 0. The van der Waals surface area contributed by atoms with Gasteiger partial charge >= 0.3 is 0 Å². The van der Waals surface area contributed by atoms with Gasteiger partial charge in [-0.25, -0.2) is 4.98 Å². The zero-order chi connectivity index (χ0) is 14.5. The molecule has 0 aromatic carbocycles. The summed E-state index contributed by atoms with van der Waals surface area (Å²) in [5.41, 5.74) is 0.492. The third-order valence-corrected chi connectivity index (χ3v) is 2.93. The van der Waals surface area contributed by atoms with Gasteiger partial charge in [-0.3, -0.25) is 4.79 Å². The molecule has 0 fully saturated rings. The van der Waals surface area contributed by atoms with Crippen LogP contribution in [0.2, 0.25) is 0 Å². The summed E-state index contributed by atoms with van der Waals surface area (Å²) in [6.07, 6.45) is 3.18. The van der Waals surface area contributed by atoms with Crippen molar-refractivity contribution in [1.29, 1.82) is 0 Å². The monoisotopic (exact) mass is 275 g/mol. The molecule has 1 amide bonds. The Labute approximate surface area is 117 Å². The van der Waals surface area contributed by atoms with Crippen molar-refractivity contribution >= 4 is 5.91 Å². The van der Waals surface area contributed by atoms with E-state index in [2.05, 4.69) is 20.5 Å². The molecule has 1 N–H and O–H groups in total. The van der Waals surface area contributed by atoms with Crippen LogP contribution >= 0.6 is 0 Å². The van der Waals surface area contributed by atoms with E-state index in [-0.39, 0.29) is 11.9 Å². The Balaban J connectivity index is 2.11. The molecule has 0 spiro atoms. The Bertz CT molecular complexity index is 596. The summed E-state index contributed by atoms with van der Waals surface area (Å²) in [4.78, 5) is 16.1. The number of amides is 1. The van der Waals surface area contributed by atoms with Crippen molar-refractivity contribution in [2.45, 2.75) is 26.4 Å². The maximum atomic E-state index is 12.2. The van der Waals surface area contributed by atoms with Crippen LogP contribution in [0.25, 0.3) is 0 Å². The van der Waals surface area contributed by atoms with Crippen molar-refractivity contribution in [1.82, 2.24) is 25.1 Å². The Morgan fingerprint density at radius 2 is 2.35 bits per heavy atom. The van der Waals surface area contributed by atoms with Crippen molar-refractivity contribution < 1.29 is 9.53 Å². The second-order valence-electron chi connectivity index (χ2n) is 4.26. The van der Waals surface area contributed by atoms with E-state index in [4.69, 9.17) is 4.74 Å². The first-order chi connectivity index (χ1) is 9.65. The van der Waals surface area contributed by atoms with Gasteiger partial charge in [0.1, 0.15) is 6.33 Å². The summed E-state index contributed by atoms with van der Waals surface area (Å²) in [6.45, 7) is 4.62. The maximum absolute atomic E-state index is 12.2. The standard InChI is InChI=1S/C13H17N5O2/c1-4-18-8-15-17-12(18)9(2)16-13(19)10-5-6-14-11(7-10)20-3/h5-9H,4H2,1-3H3,(H,16,19)/t9-/m0/s1. The molecule has 0 bridgehead atoms. The second kappa shape index (κ2) is 6.14. The molecule has 20 heavy (non-hydrogen) atoms. The molecule has 0 aliphatic rings. The molecule has 7 nitrogen and oxygen atoms in total. The fourth-order valence-electron chi connectivity index (χ4n) is 1.85. The van der Waals surface area contributed by atoms with E-state index in [9.17, 15) is 4.79 Å². The highest BCUT2D eigenvalue weighted by Crippen LogP contribution is 2.12. The SMILES string of the molecule is CCn1cnnc1[C@H](C)NC(=O)c1ccnc(OC)c1. The van der Waals surface area contributed by atoms with Gasteiger partial charge < -0.3 is 14.6 Å². The third-order valence-electron chi connectivity index (χ3n) is 2.93. The van der Waals surface area contributed by atoms with Crippen LogP contribution in [0.15, 0.2) is 24.7 Å². The lowest BCUT2D eigenvalue weighted by molar-refractivity contribution is 0.0937. The first kappa shape index (κ1) is 14.0. The van der Waals surface area contributed by atoms with Gasteiger partial charge in [-0.2, -0.15) is 0 Å². The molecule has 0 saturated carbocycles. The van der Waals surface area contributed by atoms with Crippen molar-refractivity contribution in [3.05, 3.63) is 36.0 Å². The van der Waals surface area contributed by atoms with Crippen LogP contribution in [-0.2, 0) is 6.54 Å². The Hall–Kier alpha value is -2.44. The van der Waals surface area contributed by atoms with Crippen molar-refractivity contribution in [3.8, 4) is 5.88 Å². The number of aryl methyl sites for hydroxylation is 1. The maximum Gasteiger partial charge on any atom is 0.252 e. The summed E-state index contributed by atoms with van der Waals surface area (Å²) in [6, 6.07) is 2.99. The van der Waals surface area contributed by atoms with Crippen LogP contribution in [0.5, 0.6) is 5.88 Å². The van der Waals surface area contributed by atoms with E-state index < -0.39 is 0 Å². The van der Waals surface area contributed by atoms with Crippen LogP contribution in [0, 0.1) is 0 Å². The van der Waals surface area contributed by atoms with E-state index >= 15 is 0 Å². The lowest BCUT2D eigenvalue weighted by Gasteiger charge is -2.14.